The van der Waals surface area contributed by atoms with Crippen LogP contribution in [0.2, 0.25) is 0 Å². The lowest BCUT2D eigenvalue weighted by atomic mass is 10.1. The van der Waals surface area contributed by atoms with Crippen LogP contribution in [0.4, 0.5) is 5.69 Å². The van der Waals surface area contributed by atoms with Crippen molar-refractivity contribution in [3.05, 3.63) is 59.7 Å². The largest absolute Gasteiger partial charge is 0.326 e. The summed E-state index contributed by atoms with van der Waals surface area (Å²) < 4.78 is 26.9. The van der Waals surface area contributed by atoms with Crippen molar-refractivity contribution in [1.82, 2.24) is 4.72 Å². The van der Waals surface area contributed by atoms with E-state index in [1.165, 1.54) is 25.1 Å². The van der Waals surface area contributed by atoms with Gasteiger partial charge in [-0.25, -0.2) is 13.1 Å². The Kier molecular flexibility index (Phi) is 6.65. The number of anilines is 1. The zero-order chi connectivity index (χ0) is 19.2. The van der Waals surface area contributed by atoms with Crippen LogP contribution in [0, 0.1) is 0 Å². The van der Waals surface area contributed by atoms with Crippen LogP contribution in [0.15, 0.2) is 53.4 Å². The van der Waals surface area contributed by atoms with Gasteiger partial charge in [-0.1, -0.05) is 31.2 Å². The molecule has 0 fully saturated rings. The van der Waals surface area contributed by atoms with Crippen LogP contribution in [0.25, 0.3) is 0 Å². The van der Waals surface area contributed by atoms with Crippen LogP contribution in [-0.2, 0) is 21.2 Å². The average Bonchev–Trinajstić information content (AvgIpc) is 2.61. The first kappa shape index (κ1) is 19.8. The molecule has 0 radical (unpaired) electrons. The SMILES string of the molecule is CCc1cccc(NC(=O)CCNS(=O)(=O)c2cccc(C(C)=O)c2)c1. The van der Waals surface area contributed by atoms with Crippen molar-refractivity contribution in [3.63, 3.8) is 0 Å². The van der Waals surface area contributed by atoms with Crippen molar-refractivity contribution in [1.29, 1.82) is 0 Å². The van der Waals surface area contributed by atoms with Crippen molar-refractivity contribution >= 4 is 27.4 Å². The Labute approximate surface area is 153 Å². The van der Waals surface area contributed by atoms with E-state index in [1.54, 1.807) is 12.1 Å². The molecule has 26 heavy (non-hydrogen) atoms. The molecule has 0 aliphatic heterocycles. The minimum absolute atomic E-state index is 0.00116. The molecule has 0 aliphatic carbocycles. The lowest BCUT2D eigenvalue weighted by Gasteiger charge is -2.09. The Morgan fingerprint density at radius 1 is 1.04 bits per heavy atom. The molecule has 0 aromatic heterocycles. The van der Waals surface area contributed by atoms with Crippen LogP contribution < -0.4 is 10.0 Å². The second kappa shape index (κ2) is 8.73. The summed E-state index contributed by atoms with van der Waals surface area (Å²) in [6, 6.07) is 13.3. The van der Waals surface area contributed by atoms with Crippen molar-refractivity contribution in [2.45, 2.75) is 31.6 Å². The third kappa shape index (κ3) is 5.50. The number of ketones is 1. The monoisotopic (exact) mass is 374 g/mol. The molecule has 0 aliphatic rings. The van der Waals surface area contributed by atoms with Crippen LogP contribution in [0.5, 0.6) is 0 Å². The summed E-state index contributed by atoms with van der Waals surface area (Å²) in [6.45, 7) is 3.36. The Hall–Kier alpha value is -2.51. The number of amides is 1. The molecule has 2 rings (SSSR count). The summed E-state index contributed by atoms with van der Waals surface area (Å²) in [4.78, 5) is 23.4. The van der Waals surface area contributed by atoms with E-state index in [4.69, 9.17) is 0 Å². The highest BCUT2D eigenvalue weighted by Gasteiger charge is 2.15. The van der Waals surface area contributed by atoms with Crippen LogP contribution in [0.3, 0.4) is 0 Å². The molecule has 0 saturated heterocycles. The molecule has 6 nitrogen and oxygen atoms in total. The Bertz CT molecular complexity index is 907. The number of benzene rings is 2. The van der Waals surface area contributed by atoms with Crippen LogP contribution in [0.1, 0.15) is 36.2 Å². The predicted octanol–water partition coefficient (Wildman–Crippen LogP) is 2.76. The quantitative estimate of drug-likeness (QED) is 0.695. The first-order valence-electron chi connectivity index (χ1n) is 8.31. The van der Waals surface area contributed by atoms with Gasteiger partial charge in [0.15, 0.2) is 5.78 Å². The van der Waals surface area contributed by atoms with Crippen LogP contribution >= 0.6 is 0 Å². The Morgan fingerprint density at radius 3 is 2.46 bits per heavy atom. The van der Waals surface area contributed by atoms with E-state index < -0.39 is 10.0 Å². The van der Waals surface area contributed by atoms with Crippen molar-refractivity contribution in [3.8, 4) is 0 Å². The molecule has 2 aromatic carbocycles. The fourth-order valence-electron chi connectivity index (χ4n) is 2.36. The van der Waals surface area contributed by atoms with Gasteiger partial charge in [0.25, 0.3) is 0 Å². The Morgan fingerprint density at radius 2 is 1.77 bits per heavy atom. The summed E-state index contributed by atoms with van der Waals surface area (Å²) in [5.41, 5.74) is 2.11. The molecular weight excluding hydrogens is 352 g/mol. The number of carbonyl (C=O) groups excluding carboxylic acids is 2. The minimum atomic E-state index is -3.78. The van der Waals surface area contributed by atoms with E-state index in [-0.39, 0.29) is 29.6 Å². The fourth-order valence-corrected chi connectivity index (χ4v) is 3.43. The lowest BCUT2D eigenvalue weighted by Crippen LogP contribution is -2.28. The predicted molar refractivity (Wildman–Crippen MR) is 101 cm³/mol. The molecule has 2 N–H and O–H groups in total. The maximum Gasteiger partial charge on any atom is 0.240 e. The van der Waals surface area contributed by atoms with E-state index in [0.717, 1.165) is 12.0 Å². The molecule has 0 bridgehead atoms. The Balaban J connectivity index is 1.92. The van der Waals surface area contributed by atoms with Gasteiger partial charge < -0.3 is 5.32 Å². The number of aryl methyl sites for hydroxylation is 1. The number of sulfonamides is 1. The van der Waals surface area contributed by atoms with Crippen molar-refractivity contribution < 1.29 is 18.0 Å². The van der Waals surface area contributed by atoms with Gasteiger partial charge >= 0.3 is 0 Å². The molecule has 138 valence electrons. The molecular formula is C19H22N2O4S. The first-order valence-corrected chi connectivity index (χ1v) is 9.79. The summed E-state index contributed by atoms with van der Waals surface area (Å²) in [5.74, 6) is -0.492. The van der Waals surface area contributed by atoms with Gasteiger partial charge in [0.2, 0.25) is 15.9 Å². The maximum absolute atomic E-state index is 12.3. The second-order valence-electron chi connectivity index (χ2n) is 5.83. The van der Waals surface area contributed by atoms with Crippen molar-refractivity contribution in [2.75, 3.05) is 11.9 Å². The van der Waals surface area contributed by atoms with Gasteiger partial charge in [-0.15, -0.1) is 0 Å². The maximum atomic E-state index is 12.3. The molecule has 2 aromatic rings. The highest BCUT2D eigenvalue weighted by Crippen LogP contribution is 2.13. The molecule has 0 heterocycles. The number of Topliss-reactive ketones (excluding diaryl/α,β-unsaturated/α-hetero) is 1. The number of carbonyl (C=O) groups is 2. The van der Waals surface area contributed by atoms with Gasteiger partial charge in [0.1, 0.15) is 0 Å². The third-order valence-corrected chi connectivity index (χ3v) is 5.27. The van der Waals surface area contributed by atoms with E-state index in [0.29, 0.717) is 11.3 Å². The number of hydrogen-bond donors (Lipinski definition) is 2. The molecule has 0 saturated carbocycles. The zero-order valence-electron chi connectivity index (χ0n) is 14.8. The summed E-state index contributed by atoms with van der Waals surface area (Å²) >= 11 is 0. The highest BCUT2D eigenvalue weighted by atomic mass is 32.2. The zero-order valence-corrected chi connectivity index (χ0v) is 15.6. The number of rotatable bonds is 8. The van der Waals surface area contributed by atoms with Gasteiger partial charge in [-0.2, -0.15) is 0 Å². The van der Waals surface area contributed by atoms with Crippen LogP contribution in [-0.4, -0.2) is 26.7 Å². The highest BCUT2D eigenvalue weighted by molar-refractivity contribution is 7.89. The molecule has 0 atom stereocenters. The van der Waals surface area contributed by atoms with E-state index in [1.807, 2.05) is 25.1 Å². The average molecular weight is 374 g/mol. The fraction of sp³-hybridized carbons (Fsp3) is 0.263. The minimum Gasteiger partial charge on any atom is -0.326 e. The molecule has 1 amide bonds. The summed E-state index contributed by atoms with van der Waals surface area (Å²) in [7, 11) is -3.78. The van der Waals surface area contributed by atoms with Gasteiger partial charge in [0.05, 0.1) is 4.90 Å². The van der Waals surface area contributed by atoms with E-state index in [9.17, 15) is 18.0 Å². The van der Waals surface area contributed by atoms with Gasteiger partial charge in [-0.05, 0) is 43.2 Å². The number of hydrogen-bond acceptors (Lipinski definition) is 4. The standard InChI is InChI=1S/C19H22N2O4S/c1-3-15-6-4-8-17(12-15)21-19(23)10-11-20-26(24,25)18-9-5-7-16(13-18)14(2)22/h4-9,12-13,20H,3,10-11H2,1-2H3,(H,21,23). The molecule has 0 unspecified atom stereocenters. The molecule has 7 heteroatoms. The number of nitrogens with one attached hydrogen (secondary N) is 2. The summed E-state index contributed by atoms with van der Waals surface area (Å²) in [6.07, 6.45) is 0.866. The lowest BCUT2D eigenvalue weighted by molar-refractivity contribution is -0.116. The summed E-state index contributed by atoms with van der Waals surface area (Å²) in [5, 5.41) is 2.75. The van der Waals surface area contributed by atoms with Gasteiger partial charge in [-0.3, -0.25) is 9.59 Å². The van der Waals surface area contributed by atoms with E-state index >= 15 is 0 Å². The van der Waals surface area contributed by atoms with Crippen molar-refractivity contribution in [2.24, 2.45) is 0 Å². The third-order valence-electron chi connectivity index (χ3n) is 3.81. The first-order chi connectivity index (χ1) is 12.3. The van der Waals surface area contributed by atoms with Gasteiger partial charge in [0, 0.05) is 24.2 Å². The smallest absolute Gasteiger partial charge is 0.240 e. The second-order valence-corrected chi connectivity index (χ2v) is 7.60. The van der Waals surface area contributed by atoms with E-state index in [2.05, 4.69) is 10.0 Å². The topological polar surface area (TPSA) is 92.3 Å². The normalized spacial score (nSPS) is 11.2. The molecule has 0 spiro atoms.